The molecule has 0 aliphatic carbocycles. The lowest BCUT2D eigenvalue weighted by atomic mass is 9.81. The highest BCUT2D eigenvalue weighted by Crippen LogP contribution is 2.41. The molecule has 140 valence electrons. The molecule has 2 heterocycles. The van der Waals surface area contributed by atoms with Crippen LogP contribution in [0.4, 0.5) is 8.78 Å². The number of ether oxygens (including phenoxy) is 1. The Morgan fingerprint density at radius 2 is 1.48 bits per heavy atom. The van der Waals surface area contributed by atoms with Crippen LogP contribution in [0.5, 0.6) is 5.75 Å². The molecule has 3 nitrogen and oxygen atoms in total. The molecule has 4 rings (SSSR count). The van der Waals surface area contributed by atoms with E-state index in [0.717, 1.165) is 16.7 Å². The Bertz CT molecular complexity index is 866. The van der Waals surface area contributed by atoms with E-state index in [1.54, 1.807) is 12.1 Å². The molecule has 0 saturated carbocycles. The summed E-state index contributed by atoms with van der Waals surface area (Å²) in [7, 11) is -0.584. The molecule has 6 heteroatoms. The maximum atomic E-state index is 13.8. The van der Waals surface area contributed by atoms with Crippen LogP contribution in [-0.4, -0.2) is 18.3 Å². The van der Waals surface area contributed by atoms with E-state index in [-0.39, 0.29) is 18.2 Å². The fraction of sp³-hybridized carbons (Fsp3) is 0.333. The number of hydrogen-bond donors (Lipinski definition) is 0. The lowest BCUT2D eigenvalue weighted by molar-refractivity contribution is 0.00578. The van der Waals surface area contributed by atoms with E-state index in [0.29, 0.717) is 11.3 Å². The monoisotopic (exact) mass is 370 g/mol. The zero-order chi connectivity index (χ0) is 19.4. The van der Waals surface area contributed by atoms with Crippen molar-refractivity contribution in [2.75, 3.05) is 0 Å². The van der Waals surface area contributed by atoms with Gasteiger partial charge in [0.2, 0.25) is 0 Å². The number of rotatable bonds is 1. The third-order valence-electron chi connectivity index (χ3n) is 5.55. The summed E-state index contributed by atoms with van der Waals surface area (Å²) in [5.41, 5.74) is 2.04. The fourth-order valence-electron chi connectivity index (χ4n) is 3.36. The second-order valence-corrected chi connectivity index (χ2v) is 7.94. The third kappa shape index (κ3) is 3.17. The Labute approximate surface area is 158 Å². The van der Waals surface area contributed by atoms with Gasteiger partial charge < -0.3 is 14.0 Å². The largest absolute Gasteiger partial charge is 0.488 e. The molecule has 2 aromatic carbocycles. The number of hydrogen-bond acceptors (Lipinski definition) is 3. The highest BCUT2D eigenvalue weighted by molar-refractivity contribution is 6.53. The molecule has 2 aliphatic heterocycles. The molecule has 0 N–H and O–H groups in total. The predicted molar refractivity (Wildman–Crippen MR) is 100 cm³/mol. The minimum absolute atomic E-state index is 0.157. The molecule has 0 amide bonds. The summed E-state index contributed by atoms with van der Waals surface area (Å²) in [5, 5.41) is 0. The molecular weight excluding hydrogens is 349 g/mol. The summed E-state index contributed by atoms with van der Waals surface area (Å²) in [5.74, 6) is 1.54. The van der Waals surface area contributed by atoms with Crippen LogP contribution in [0.3, 0.4) is 0 Å². The minimum Gasteiger partial charge on any atom is -0.488 e. The summed E-state index contributed by atoms with van der Waals surface area (Å²) >= 11 is 0. The second kappa shape index (κ2) is 6.18. The molecule has 2 aromatic rings. The van der Waals surface area contributed by atoms with Crippen LogP contribution in [0, 0.1) is 11.6 Å². The third-order valence-corrected chi connectivity index (χ3v) is 5.55. The number of fused-ring (bicyclic) bond motifs is 2. The topological polar surface area (TPSA) is 27.7 Å². The van der Waals surface area contributed by atoms with E-state index < -0.39 is 18.3 Å². The first-order valence-corrected chi connectivity index (χ1v) is 8.95. The Balaban J connectivity index is 1.86. The zero-order valence-electron chi connectivity index (χ0n) is 15.8. The van der Waals surface area contributed by atoms with Crippen molar-refractivity contribution in [3.8, 4) is 5.75 Å². The zero-order valence-corrected chi connectivity index (χ0v) is 15.8. The van der Waals surface area contributed by atoms with Gasteiger partial charge >= 0.3 is 7.12 Å². The Kier molecular flexibility index (Phi) is 4.16. The molecule has 0 radical (unpaired) electrons. The van der Waals surface area contributed by atoms with Gasteiger partial charge in [0.05, 0.1) is 11.2 Å². The molecule has 0 unspecified atom stereocenters. The molecule has 1 fully saturated rings. The lowest BCUT2D eigenvalue weighted by Crippen LogP contribution is -2.41. The van der Waals surface area contributed by atoms with Gasteiger partial charge in [0, 0.05) is 11.6 Å². The van der Waals surface area contributed by atoms with Gasteiger partial charge in [-0.05, 0) is 74.6 Å². The Morgan fingerprint density at radius 3 is 2.15 bits per heavy atom. The predicted octanol–water partition coefficient (Wildman–Crippen LogP) is 4.92. The van der Waals surface area contributed by atoms with Crippen molar-refractivity contribution < 1.29 is 22.8 Å². The SMILES string of the molecule is CC1(C)OB(/C=C2\c3ccc(F)cc3COc3cc(F)ccc32)OC1(C)C. The molecule has 2 aliphatic rings. The van der Waals surface area contributed by atoms with Crippen LogP contribution in [0.2, 0.25) is 0 Å². The van der Waals surface area contributed by atoms with E-state index in [1.807, 2.05) is 33.7 Å². The lowest BCUT2D eigenvalue weighted by Gasteiger charge is -2.32. The molecule has 0 spiro atoms. The van der Waals surface area contributed by atoms with Gasteiger partial charge in [-0.2, -0.15) is 0 Å². The van der Waals surface area contributed by atoms with E-state index in [4.69, 9.17) is 14.0 Å². The summed E-state index contributed by atoms with van der Waals surface area (Å²) in [6.45, 7) is 8.08. The van der Waals surface area contributed by atoms with Crippen molar-refractivity contribution in [2.45, 2.75) is 45.5 Å². The molecule has 0 atom stereocenters. The number of benzene rings is 2. The average Bonchev–Trinajstić information content (AvgIpc) is 2.70. The van der Waals surface area contributed by atoms with Crippen LogP contribution in [-0.2, 0) is 15.9 Å². The fourth-order valence-corrected chi connectivity index (χ4v) is 3.36. The molecule has 27 heavy (non-hydrogen) atoms. The molecule has 0 aromatic heterocycles. The summed E-state index contributed by atoms with van der Waals surface area (Å²) in [4.78, 5) is 0. The van der Waals surface area contributed by atoms with Crippen LogP contribution >= 0.6 is 0 Å². The van der Waals surface area contributed by atoms with Gasteiger partial charge in [-0.15, -0.1) is 0 Å². The van der Waals surface area contributed by atoms with Crippen LogP contribution in [0.1, 0.15) is 44.4 Å². The molecule has 0 bridgehead atoms. The van der Waals surface area contributed by atoms with Crippen molar-refractivity contribution in [3.05, 3.63) is 70.7 Å². The van der Waals surface area contributed by atoms with Gasteiger partial charge in [0.1, 0.15) is 24.0 Å². The Morgan fingerprint density at radius 1 is 0.889 bits per heavy atom. The van der Waals surface area contributed by atoms with E-state index in [9.17, 15) is 8.78 Å². The van der Waals surface area contributed by atoms with Crippen LogP contribution in [0.25, 0.3) is 5.57 Å². The quantitative estimate of drug-likeness (QED) is 0.667. The van der Waals surface area contributed by atoms with Crippen molar-refractivity contribution in [1.29, 1.82) is 0 Å². The summed E-state index contributed by atoms with van der Waals surface area (Å²) in [6, 6.07) is 8.95. The number of halogens is 2. The van der Waals surface area contributed by atoms with E-state index >= 15 is 0 Å². The van der Waals surface area contributed by atoms with E-state index in [1.165, 1.54) is 24.3 Å². The van der Waals surface area contributed by atoms with Gasteiger partial charge in [0.25, 0.3) is 0 Å². The molecule has 1 saturated heterocycles. The minimum atomic E-state index is -0.584. The highest BCUT2D eigenvalue weighted by atomic mass is 19.1. The maximum Gasteiger partial charge on any atom is 0.487 e. The first kappa shape index (κ1) is 18.2. The van der Waals surface area contributed by atoms with E-state index in [2.05, 4.69) is 0 Å². The normalized spacial score (nSPS) is 21.4. The smallest absolute Gasteiger partial charge is 0.487 e. The second-order valence-electron chi connectivity index (χ2n) is 7.94. The van der Waals surface area contributed by atoms with Gasteiger partial charge in [-0.3, -0.25) is 0 Å². The van der Waals surface area contributed by atoms with Gasteiger partial charge in [-0.1, -0.05) is 6.07 Å². The van der Waals surface area contributed by atoms with Gasteiger partial charge in [0.15, 0.2) is 0 Å². The highest BCUT2D eigenvalue weighted by Gasteiger charge is 2.50. The van der Waals surface area contributed by atoms with Crippen LogP contribution < -0.4 is 4.74 Å². The molecular formula is C21H21BF2O3. The Hall–Kier alpha value is -2.18. The summed E-state index contributed by atoms with van der Waals surface area (Å²) < 4.78 is 45.5. The van der Waals surface area contributed by atoms with Crippen molar-refractivity contribution >= 4 is 12.7 Å². The first-order valence-electron chi connectivity index (χ1n) is 8.95. The van der Waals surface area contributed by atoms with Crippen molar-refractivity contribution in [2.24, 2.45) is 0 Å². The standard InChI is InChI=1S/C21H21BF2O3/c1-20(2)21(3,4)27-22(26-20)11-18-16-7-5-14(23)9-13(16)12-25-19-10-15(24)6-8-17(18)19/h5-11H,12H2,1-4H3/b18-11+. The van der Waals surface area contributed by atoms with Crippen LogP contribution in [0.15, 0.2) is 42.4 Å². The maximum absolute atomic E-state index is 13.8. The summed E-state index contributed by atoms with van der Waals surface area (Å²) in [6.07, 6.45) is 0. The average molecular weight is 370 g/mol. The van der Waals surface area contributed by atoms with Crippen molar-refractivity contribution in [3.63, 3.8) is 0 Å². The first-order chi connectivity index (χ1) is 12.7. The van der Waals surface area contributed by atoms with Gasteiger partial charge in [-0.25, -0.2) is 8.78 Å². The van der Waals surface area contributed by atoms with Crippen molar-refractivity contribution in [1.82, 2.24) is 0 Å².